The average molecular weight is 212 g/mol. The number of halogens is 1. The number of hydrogen-bond donors (Lipinski definition) is 1. The Balaban J connectivity index is 2.53. The van der Waals surface area contributed by atoms with Crippen molar-refractivity contribution in [3.8, 4) is 11.3 Å². The highest BCUT2D eigenvalue weighted by Gasteiger charge is 2.07. The first kappa shape index (κ1) is 8.47. The maximum Gasteiger partial charge on any atom is 0.142 e. The van der Waals surface area contributed by atoms with E-state index in [1.807, 2.05) is 24.3 Å². The number of benzene rings is 1. The molecule has 0 unspecified atom stereocenters. The molecular formula is C8H6ClN3S. The van der Waals surface area contributed by atoms with Crippen LogP contribution in [0, 0.1) is 0 Å². The van der Waals surface area contributed by atoms with Crippen molar-refractivity contribution < 1.29 is 0 Å². The van der Waals surface area contributed by atoms with Gasteiger partial charge in [-0.05, 0) is 12.1 Å². The molecule has 0 saturated heterocycles. The summed E-state index contributed by atoms with van der Waals surface area (Å²) in [4.78, 5) is 0. The van der Waals surface area contributed by atoms with Crippen LogP contribution in [0.25, 0.3) is 11.3 Å². The lowest BCUT2D eigenvalue weighted by Crippen LogP contribution is -1.85. The van der Waals surface area contributed by atoms with E-state index < -0.39 is 0 Å². The Morgan fingerprint density at radius 3 is 2.85 bits per heavy atom. The second kappa shape index (κ2) is 3.32. The first-order chi connectivity index (χ1) is 6.27. The van der Waals surface area contributed by atoms with Crippen LogP contribution in [0.15, 0.2) is 24.3 Å². The van der Waals surface area contributed by atoms with Crippen molar-refractivity contribution in [1.29, 1.82) is 0 Å². The smallest absolute Gasteiger partial charge is 0.142 e. The summed E-state index contributed by atoms with van der Waals surface area (Å²) < 4.78 is 4.34. The van der Waals surface area contributed by atoms with Crippen LogP contribution in [0.2, 0.25) is 4.34 Å². The molecular weight excluding hydrogens is 206 g/mol. The normalized spacial score (nSPS) is 10.2. The number of aromatic nitrogens is 2. The summed E-state index contributed by atoms with van der Waals surface area (Å²) in [5.74, 6) is 0. The van der Waals surface area contributed by atoms with Crippen molar-refractivity contribution in [2.24, 2.45) is 0 Å². The van der Waals surface area contributed by atoms with Gasteiger partial charge in [-0.15, -0.1) is 5.10 Å². The van der Waals surface area contributed by atoms with Gasteiger partial charge in [-0.2, -0.15) is 0 Å². The van der Waals surface area contributed by atoms with E-state index in [4.69, 9.17) is 17.3 Å². The van der Waals surface area contributed by atoms with Gasteiger partial charge in [-0.1, -0.05) is 28.2 Å². The summed E-state index contributed by atoms with van der Waals surface area (Å²) in [5.41, 5.74) is 7.92. The van der Waals surface area contributed by atoms with Crippen molar-refractivity contribution in [2.75, 3.05) is 5.73 Å². The third-order valence-corrected chi connectivity index (χ3v) is 2.51. The van der Waals surface area contributed by atoms with Gasteiger partial charge in [0.2, 0.25) is 0 Å². The van der Waals surface area contributed by atoms with Gasteiger partial charge in [0, 0.05) is 22.8 Å². The van der Waals surface area contributed by atoms with E-state index in [0.717, 1.165) is 5.56 Å². The van der Waals surface area contributed by atoms with Crippen LogP contribution in [-0.2, 0) is 0 Å². The zero-order valence-corrected chi connectivity index (χ0v) is 8.14. The Morgan fingerprint density at radius 2 is 2.23 bits per heavy atom. The van der Waals surface area contributed by atoms with Gasteiger partial charge >= 0.3 is 0 Å². The molecule has 1 aromatic carbocycles. The van der Waals surface area contributed by atoms with E-state index in [1.54, 1.807) is 0 Å². The minimum absolute atomic E-state index is 0.589. The molecule has 0 spiro atoms. The largest absolute Gasteiger partial charge is 0.399 e. The first-order valence-electron chi connectivity index (χ1n) is 3.61. The zero-order valence-electron chi connectivity index (χ0n) is 6.57. The fraction of sp³-hybridized carbons (Fsp3) is 0. The predicted octanol–water partition coefficient (Wildman–Crippen LogP) is 2.44. The van der Waals surface area contributed by atoms with E-state index in [9.17, 15) is 0 Å². The summed E-state index contributed by atoms with van der Waals surface area (Å²) in [6.45, 7) is 0. The number of nitrogen functional groups attached to an aromatic ring is 1. The molecule has 0 aliphatic heterocycles. The standard InChI is InChI=1S/C8H6ClN3S/c9-8-7(11-12-13-8)5-2-1-3-6(10)4-5/h1-4H,10H2. The number of hydrogen-bond acceptors (Lipinski definition) is 4. The van der Waals surface area contributed by atoms with Crippen LogP contribution >= 0.6 is 23.1 Å². The van der Waals surface area contributed by atoms with Crippen LogP contribution < -0.4 is 5.73 Å². The summed E-state index contributed by atoms with van der Waals surface area (Å²) in [7, 11) is 0. The van der Waals surface area contributed by atoms with Gasteiger partial charge in [-0.3, -0.25) is 0 Å². The molecule has 2 N–H and O–H groups in total. The zero-order chi connectivity index (χ0) is 9.26. The average Bonchev–Trinajstić information content (AvgIpc) is 2.51. The second-order valence-corrected chi connectivity index (χ2v) is 3.88. The van der Waals surface area contributed by atoms with Crippen molar-refractivity contribution >= 4 is 28.8 Å². The molecule has 0 saturated carbocycles. The van der Waals surface area contributed by atoms with E-state index in [1.165, 1.54) is 11.5 Å². The molecule has 3 nitrogen and oxygen atoms in total. The van der Waals surface area contributed by atoms with Crippen LogP contribution in [0.1, 0.15) is 0 Å². The van der Waals surface area contributed by atoms with Crippen LogP contribution in [0.3, 0.4) is 0 Å². The maximum absolute atomic E-state index is 5.88. The Kier molecular flexibility index (Phi) is 2.16. The molecule has 0 amide bonds. The minimum atomic E-state index is 0.589. The third-order valence-electron chi connectivity index (χ3n) is 1.61. The van der Waals surface area contributed by atoms with E-state index in [-0.39, 0.29) is 0 Å². The van der Waals surface area contributed by atoms with Crippen LogP contribution in [-0.4, -0.2) is 9.59 Å². The van der Waals surface area contributed by atoms with Crippen molar-refractivity contribution in [3.63, 3.8) is 0 Å². The van der Waals surface area contributed by atoms with Gasteiger partial charge in [0.05, 0.1) is 0 Å². The van der Waals surface area contributed by atoms with Gasteiger partial charge in [-0.25, -0.2) is 0 Å². The lowest BCUT2D eigenvalue weighted by atomic mass is 10.1. The fourth-order valence-electron chi connectivity index (χ4n) is 1.04. The molecule has 0 radical (unpaired) electrons. The molecule has 1 heterocycles. The van der Waals surface area contributed by atoms with Gasteiger partial charge in [0.1, 0.15) is 10.0 Å². The summed E-state index contributed by atoms with van der Waals surface area (Å²) in [6, 6.07) is 7.40. The van der Waals surface area contributed by atoms with Gasteiger partial charge in [0.25, 0.3) is 0 Å². The lowest BCUT2D eigenvalue weighted by molar-refractivity contribution is 1.16. The first-order valence-corrected chi connectivity index (χ1v) is 4.76. The number of rotatable bonds is 1. The summed E-state index contributed by atoms with van der Waals surface area (Å²) in [5, 5.41) is 3.91. The number of nitrogens with zero attached hydrogens (tertiary/aromatic N) is 2. The highest BCUT2D eigenvalue weighted by molar-refractivity contribution is 7.10. The molecule has 0 atom stereocenters. The van der Waals surface area contributed by atoms with E-state index >= 15 is 0 Å². The van der Waals surface area contributed by atoms with Crippen molar-refractivity contribution in [2.45, 2.75) is 0 Å². The molecule has 0 aliphatic rings. The van der Waals surface area contributed by atoms with E-state index in [0.29, 0.717) is 15.7 Å². The molecule has 0 aliphatic carbocycles. The fourth-order valence-corrected chi connectivity index (χ4v) is 1.72. The lowest BCUT2D eigenvalue weighted by Gasteiger charge is -1.97. The van der Waals surface area contributed by atoms with Crippen molar-refractivity contribution in [1.82, 2.24) is 9.59 Å². The topological polar surface area (TPSA) is 51.8 Å². The number of nitrogens with two attached hydrogens (primary N) is 1. The monoisotopic (exact) mass is 211 g/mol. The second-order valence-electron chi connectivity index (χ2n) is 2.52. The Hall–Kier alpha value is -1.13. The molecule has 0 bridgehead atoms. The molecule has 0 fully saturated rings. The Bertz CT molecular complexity index is 427. The molecule has 13 heavy (non-hydrogen) atoms. The highest BCUT2D eigenvalue weighted by atomic mass is 35.5. The van der Waals surface area contributed by atoms with Crippen LogP contribution in [0.4, 0.5) is 5.69 Å². The molecule has 66 valence electrons. The van der Waals surface area contributed by atoms with Gasteiger partial charge in [0.15, 0.2) is 0 Å². The quantitative estimate of drug-likeness (QED) is 0.738. The minimum Gasteiger partial charge on any atom is -0.399 e. The Morgan fingerprint density at radius 1 is 1.38 bits per heavy atom. The highest BCUT2D eigenvalue weighted by Crippen LogP contribution is 2.28. The summed E-state index contributed by atoms with van der Waals surface area (Å²) in [6.07, 6.45) is 0. The molecule has 1 aromatic heterocycles. The van der Waals surface area contributed by atoms with Crippen LogP contribution in [0.5, 0.6) is 0 Å². The van der Waals surface area contributed by atoms with Gasteiger partial charge < -0.3 is 5.73 Å². The number of anilines is 1. The molecule has 5 heteroatoms. The third kappa shape index (κ3) is 1.64. The maximum atomic E-state index is 5.88. The Labute approximate surface area is 84.3 Å². The molecule has 2 rings (SSSR count). The van der Waals surface area contributed by atoms with Crippen molar-refractivity contribution in [3.05, 3.63) is 28.6 Å². The predicted molar refractivity (Wildman–Crippen MR) is 54.8 cm³/mol. The SMILES string of the molecule is Nc1cccc(-c2nnsc2Cl)c1. The molecule has 2 aromatic rings. The summed E-state index contributed by atoms with van der Waals surface area (Å²) >= 11 is 7.05. The van der Waals surface area contributed by atoms with E-state index in [2.05, 4.69) is 9.59 Å².